The molecule has 28 heavy (non-hydrogen) atoms. The molecule has 0 bridgehead atoms. The van der Waals surface area contributed by atoms with Crippen LogP contribution >= 0.6 is 0 Å². The second-order valence-corrected chi connectivity index (χ2v) is 8.80. The molecule has 1 aromatic heterocycles. The fourth-order valence-electron chi connectivity index (χ4n) is 5.41. The number of hydrogen-bond acceptors (Lipinski definition) is 3. The van der Waals surface area contributed by atoms with Gasteiger partial charge in [-0.05, 0) is 48.7 Å². The van der Waals surface area contributed by atoms with Gasteiger partial charge in [0, 0.05) is 17.8 Å². The fourth-order valence-corrected chi connectivity index (χ4v) is 5.41. The van der Waals surface area contributed by atoms with Crippen LogP contribution in [0.4, 0.5) is 17.1 Å². The van der Waals surface area contributed by atoms with Gasteiger partial charge in [0.25, 0.3) is 0 Å². The summed E-state index contributed by atoms with van der Waals surface area (Å²) in [5.41, 5.74) is 9.73. The zero-order valence-corrected chi connectivity index (χ0v) is 17.0. The van der Waals surface area contributed by atoms with Crippen molar-refractivity contribution in [3.8, 4) is 0 Å². The minimum Gasteiger partial charge on any atom is -0.456 e. The molecule has 0 saturated carbocycles. The van der Waals surface area contributed by atoms with Crippen LogP contribution < -0.4 is 9.80 Å². The van der Waals surface area contributed by atoms with E-state index in [1.807, 2.05) is 0 Å². The average Bonchev–Trinajstić information content (AvgIpc) is 3.17. The number of fused-ring (bicyclic) bond motifs is 1. The number of rotatable bonds is 0. The van der Waals surface area contributed by atoms with Gasteiger partial charge in [0.15, 0.2) is 0 Å². The third-order valence-electron chi connectivity index (χ3n) is 6.99. The zero-order chi connectivity index (χ0) is 19.4. The summed E-state index contributed by atoms with van der Waals surface area (Å²) < 4.78 is 6.34. The minimum atomic E-state index is -0.133. The number of furan rings is 1. The Morgan fingerprint density at radius 3 is 2.39 bits per heavy atom. The van der Waals surface area contributed by atoms with Gasteiger partial charge in [0.1, 0.15) is 17.3 Å². The van der Waals surface area contributed by atoms with Gasteiger partial charge in [0.05, 0.1) is 22.4 Å². The van der Waals surface area contributed by atoms with Crippen LogP contribution in [0.2, 0.25) is 0 Å². The first-order valence-corrected chi connectivity index (χ1v) is 10.0. The van der Waals surface area contributed by atoms with Gasteiger partial charge in [-0.1, -0.05) is 44.2 Å². The zero-order valence-electron chi connectivity index (χ0n) is 17.0. The second kappa shape index (κ2) is 4.91. The number of benzene rings is 3. The van der Waals surface area contributed by atoms with Crippen LogP contribution in [0.15, 0.2) is 52.9 Å². The van der Waals surface area contributed by atoms with Crippen molar-refractivity contribution in [1.29, 1.82) is 0 Å². The van der Waals surface area contributed by atoms with E-state index in [0.29, 0.717) is 0 Å². The second-order valence-electron chi connectivity index (χ2n) is 8.80. The Hall–Kier alpha value is -2.94. The molecule has 3 aromatic carbocycles. The molecule has 2 aliphatic rings. The van der Waals surface area contributed by atoms with E-state index in [-0.39, 0.29) is 11.6 Å². The molecule has 4 aromatic rings. The van der Waals surface area contributed by atoms with Gasteiger partial charge in [-0.3, -0.25) is 0 Å². The summed E-state index contributed by atoms with van der Waals surface area (Å²) in [5, 5.41) is 2.51. The predicted molar refractivity (Wildman–Crippen MR) is 117 cm³/mol. The molecule has 140 valence electrons. The molecule has 0 N–H and O–H groups in total. The molecule has 0 saturated heterocycles. The number of aryl methyl sites for hydroxylation is 1. The molecule has 6 rings (SSSR count). The smallest absolute Gasteiger partial charge is 0.137 e. The van der Waals surface area contributed by atoms with E-state index >= 15 is 0 Å². The van der Waals surface area contributed by atoms with Gasteiger partial charge in [-0.2, -0.15) is 0 Å². The van der Waals surface area contributed by atoms with Crippen molar-refractivity contribution < 1.29 is 4.42 Å². The summed E-state index contributed by atoms with van der Waals surface area (Å²) in [6.45, 7) is 9.20. The molecule has 0 radical (unpaired) electrons. The third kappa shape index (κ3) is 1.67. The van der Waals surface area contributed by atoms with Crippen LogP contribution in [0.25, 0.3) is 21.9 Å². The summed E-state index contributed by atoms with van der Waals surface area (Å²) >= 11 is 0. The SMILES string of the molecule is Cc1ccc2oc3cccc4c3c2c1N1c2c(cccc2C4(C)C)N(C)C1C. The first-order chi connectivity index (χ1) is 13.4. The highest BCUT2D eigenvalue weighted by Gasteiger charge is 2.42. The van der Waals surface area contributed by atoms with Crippen LogP contribution in [0.1, 0.15) is 37.5 Å². The Balaban J connectivity index is 1.93. The first-order valence-electron chi connectivity index (χ1n) is 10.0. The minimum absolute atomic E-state index is 0.133. The Labute approximate surface area is 165 Å². The molecule has 3 heterocycles. The molecule has 1 unspecified atom stereocenters. The van der Waals surface area contributed by atoms with Gasteiger partial charge in [-0.15, -0.1) is 0 Å². The van der Waals surface area contributed by atoms with Crippen LogP contribution in [-0.4, -0.2) is 13.2 Å². The molecule has 3 heteroatoms. The van der Waals surface area contributed by atoms with E-state index in [0.717, 1.165) is 11.2 Å². The molecule has 0 fully saturated rings. The Morgan fingerprint density at radius 1 is 0.857 bits per heavy atom. The predicted octanol–water partition coefficient (Wildman–Crippen LogP) is 6.47. The lowest BCUT2D eigenvalue weighted by molar-refractivity contribution is 0.640. The third-order valence-corrected chi connectivity index (χ3v) is 6.99. The van der Waals surface area contributed by atoms with Crippen molar-refractivity contribution in [2.75, 3.05) is 16.8 Å². The maximum Gasteiger partial charge on any atom is 0.137 e. The lowest BCUT2D eigenvalue weighted by Gasteiger charge is -2.36. The van der Waals surface area contributed by atoms with Crippen molar-refractivity contribution in [2.24, 2.45) is 0 Å². The summed E-state index contributed by atoms with van der Waals surface area (Å²) in [6.07, 6.45) is 0.242. The van der Waals surface area contributed by atoms with Crippen LogP contribution in [0, 0.1) is 6.92 Å². The molecule has 2 aliphatic heterocycles. The fraction of sp³-hybridized carbons (Fsp3) is 0.280. The lowest BCUT2D eigenvalue weighted by atomic mass is 9.74. The summed E-state index contributed by atoms with van der Waals surface area (Å²) in [4.78, 5) is 4.93. The van der Waals surface area contributed by atoms with Crippen LogP contribution in [0.5, 0.6) is 0 Å². The molecule has 0 aliphatic carbocycles. The lowest BCUT2D eigenvalue weighted by Crippen LogP contribution is -2.37. The molecule has 0 spiro atoms. The van der Waals surface area contributed by atoms with E-state index in [9.17, 15) is 0 Å². The monoisotopic (exact) mass is 368 g/mol. The highest BCUT2D eigenvalue weighted by atomic mass is 16.3. The Morgan fingerprint density at radius 2 is 1.57 bits per heavy atom. The van der Waals surface area contributed by atoms with E-state index < -0.39 is 0 Å². The topological polar surface area (TPSA) is 19.6 Å². The Kier molecular flexibility index (Phi) is 2.81. The molecule has 1 atom stereocenters. The van der Waals surface area contributed by atoms with E-state index in [2.05, 4.69) is 93.1 Å². The standard InChI is InChI=1S/C25H24N2O/c1-14-12-13-20-22-21-16(8-7-11-19(21)28-20)25(3,4)17-9-6-10-18-24(17)27(23(14)22)15(2)26(18)5/h6-13,15H,1-5H3. The quantitative estimate of drug-likeness (QED) is 0.355. The molecule has 0 amide bonds. The highest BCUT2D eigenvalue weighted by Crippen LogP contribution is 2.56. The van der Waals surface area contributed by atoms with Gasteiger partial charge in [-0.25, -0.2) is 0 Å². The number of hydrogen-bond donors (Lipinski definition) is 0. The van der Waals surface area contributed by atoms with Crippen molar-refractivity contribution >= 4 is 39.0 Å². The molecular formula is C25H24N2O. The Bertz CT molecular complexity index is 1300. The first kappa shape index (κ1) is 16.1. The maximum atomic E-state index is 6.34. The summed E-state index contributed by atoms with van der Waals surface area (Å²) in [6, 6.07) is 17.6. The highest BCUT2D eigenvalue weighted by molar-refractivity contribution is 6.16. The number of anilines is 3. The summed E-state index contributed by atoms with van der Waals surface area (Å²) in [7, 11) is 2.20. The van der Waals surface area contributed by atoms with Gasteiger partial charge < -0.3 is 14.2 Å². The van der Waals surface area contributed by atoms with Crippen molar-refractivity contribution in [3.05, 3.63) is 65.2 Å². The largest absolute Gasteiger partial charge is 0.456 e. The van der Waals surface area contributed by atoms with Crippen molar-refractivity contribution in [2.45, 2.75) is 39.3 Å². The van der Waals surface area contributed by atoms with E-state index in [1.54, 1.807) is 0 Å². The van der Waals surface area contributed by atoms with Crippen LogP contribution in [-0.2, 0) is 5.41 Å². The summed E-state index contributed by atoms with van der Waals surface area (Å²) in [5.74, 6) is 0. The van der Waals surface area contributed by atoms with Crippen molar-refractivity contribution in [3.63, 3.8) is 0 Å². The number of para-hydroxylation sites is 1. The van der Waals surface area contributed by atoms with Gasteiger partial charge >= 0.3 is 0 Å². The normalized spacial score (nSPS) is 19.4. The van der Waals surface area contributed by atoms with Gasteiger partial charge in [0.2, 0.25) is 0 Å². The molecule has 3 nitrogen and oxygen atoms in total. The average molecular weight is 368 g/mol. The maximum absolute atomic E-state index is 6.34. The van der Waals surface area contributed by atoms with Crippen molar-refractivity contribution in [1.82, 2.24) is 0 Å². The number of nitrogens with zero attached hydrogens (tertiary/aromatic N) is 2. The van der Waals surface area contributed by atoms with E-state index in [1.165, 1.54) is 44.5 Å². The van der Waals surface area contributed by atoms with E-state index in [4.69, 9.17) is 4.42 Å². The molecular weight excluding hydrogens is 344 g/mol. The van der Waals surface area contributed by atoms with Crippen LogP contribution in [0.3, 0.4) is 0 Å².